The third kappa shape index (κ3) is 3.57. The van der Waals surface area contributed by atoms with E-state index in [1.807, 2.05) is 0 Å². The summed E-state index contributed by atoms with van der Waals surface area (Å²) in [7, 11) is 0. The second-order valence-electron chi connectivity index (χ2n) is 5.76. The molecule has 0 spiro atoms. The monoisotopic (exact) mass is 289 g/mol. The normalized spacial score (nSPS) is 16.1. The van der Waals surface area contributed by atoms with Crippen LogP contribution in [0.1, 0.15) is 48.9 Å². The fraction of sp³-hybridized carbons (Fsp3) is 0.500. The predicted molar refractivity (Wildman–Crippen MR) is 89.4 cm³/mol. The molecule has 0 fully saturated rings. The molecule has 0 atom stereocenters. The second kappa shape index (κ2) is 6.35. The molecule has 2 N–H and O–H groups in total. The Hall–Kier alpha value is -1.42. The molecule has 1 aromatic rings. The van der Waals surface area contributed by atoms with Gasteiger partial charge in [0.05, 0.1) is 5.71 Å². The van der Waals surface area contributed by atoms with Gasteiger partial charge in [0.15, 0.2) is 5.11 Å². The van der Waals surface area contributed by atoms with E-state index in [-0.39, 0.29) is 0 Å². The molecule has 1 aromatic carbocycles. The van der Waals surface area contributed by atoms with Crippen molar-refractivity contribution in [2.75, 3.05) is 0 Å². The van der Waals surface area contributed by atoms with Gasteiger partial charge < -0.3 is 5.32 Å². The Kier molecular flexibility index (Phi) is 4.76. The number of benzene rings is 1. The predicted octanol–water partition coefficient (Wildman–Crippen LogP) is 3.22. The highest BCUT2D eigenvalue weighted by Gasteiger charge is 2.17. The van der Waals surface area contributed by atoms with Crippen molar-refractivity contribution < 1.29 is 0 Å². The van der Waals surface area contributed by atoms with E-state index in [0.29, 0.717) is 11.2 Å². The summed E-state index contributed by atoms with van der Waals surface area (Å²) < 4.78 is 0. The van der Waals surface area contributed by atoms with Crippen LogP contribution >= 0.6 is 12.2 Å². The molecule has 0 aromatic heterocycles. The molecule has 2 rings (SSSR count). The maximum Gasteiger partial charge on any atom is 0.187 e. The minimum atomic E-state index is 0.318. The van der Waals surface area contributed by atoms with Crippen LogP contribution in [0.25, 0.3) is 0 Å². The van der Waals surface area contributed by atoms with Crippen molar-refractivity contribution in [2.45, 2.75) is 53.0 Å². The number of hydrogen-bond donors (Lipinski definition) is 2. The van der Waals surface area contributed by atoms with Gasteiger partial charge in [0.1, 0.15) is 0 Å². The molecule has 4 heteroatoms. The number of nitrogens with zero attached hydrogens (tertiary/aromatic N) is 1. The highest BCUT2D eigenvalue weighted by Crippen LogP contribution is 2.26. The Balaban J connectivity index is 2.22. The summed E-state index contributed by atoms with van der Waals surface area (Å²) in [4.78, 5) is 0. The minimum Gasteiger partial charge on any atom is -0.359 e. The van der Waals surface area contributed by atoms with Gasteiger partial charge in [-0.15, -0.1) is 0 Å². The van der Waals surface area contributed by atoms with Gasteiger partial charge in [-0.05, 0) is 76.4 Å². The van der Waals surface area contributed by atoms with Crippen molar-refractivity contribution >= 4 is 23.0 Å². The van der Waals surface area contributed by atoms with Crippen LogP contribution in [0.15, 0.2) is 17.2 Å². The quantitative estimate of drug-likeness (QED) is 0.648. The molecule has 0 saturated carbocycles. The smallest absolute Gasteiger partial charge is 0.187 e. The molecule has 0 aliphatic heterocycles. The third-order valence-corrected chi connectivity index (χ3v) is 3.69. The summed E-state index contributed by atoms with van der Waals surface area (Å²) in [5.74, 6) is 0. The number of nitrogens with one attached hydrogen (secondary N) is 2. The fourth-order valence-electron chi connectivity index (χ4n) is 2.68. The van der Waals surface area contributed by atoms with Crippen LogP contribution in [-0.4, -0.2) is 16.9 Å². The Labute approximate surface area is 126 Å². The van der Waals surface area contributed by atoms with Crippen molar-refractivity contribution in [3.8, 4) is 0 Å². The lowest BCUT2D eigenvalue weighted by molar-refractivity contribution is 0.718. The van der Waals surface area contributed by atoms with E-state index in [2.05, 4.69) is 55.7 Å². The molecule has 0 amide bonds. The second-order valence-corrected chi connectivity index (χ2v) is 6.17. The summed E-state index contributed by atoms with van der Waals surface area (Å²) in [6.45, 7) is 8.44. The first kappa shape index (κ1) is 15.0. The van der Waals surface area contributed by atoms with Gasteiger partial charge in [-0.2, -0.15) is 5.10 Å². The van der Waals surface area contributed by atoms with Crippen LogP contribution in [0.3, 0.4) is 0 Å². The number of aryl methyl sites for hydroxylation is 2. The van der Waals surface area contributed by atoms with E-state index in [1.165, 1.54) is 22.3 Å². The Morgan fingerprint density at radius 2 is 2.00 bits per heavy atom. The maximum absolute atomic E-state index is 5.22. The first-order valence-corrected chi connectivity index (χ1v) is 7.61. The number of hydrogen-bond acceptors (Lipinski definition) is 2. The van der Waals surface area contributed by atoms with Crippen LogP contribution in [0.5, 0.6) is 0 Å². The molecule has 20 heavy (non-hydrogen) atoms. The molecule has 108 valence electrons. The molecule has 0 bridgehead atoms. The number of rotatable bonds is 2. The summed E-state index contributed by atoms with van der Waals surface area (Å²) >= 11 is 5.22. The highest BCUT2D eigenvalue weighted by molar-refractivity contribution is 7.80. The number of hydrazone groups is 1. The van der Waals surface area contributed by atoms with Crippen molar-refractivity contribution in [3.05, 3.63) is 34.4 Å². The van der Waals surface area contributed by atoms with E-state index >= 15 is 0 Å². The number of fused-ring (bicyclic) bond motifs is 1. The summed E-state index contributed by atoms with van der Waals surface area (Å²) in [6, 6.07) is 4.81. The third-order valence-electron chi connectivity index (χ3n) is 3.48. The van der Waals surface area contributed by atoms with E-state index in [1.54, 1.807) is 0 Å². The molecule has 0 unspecified atom stereocenters. The summed E-state index contributed by atoms with van der Waals surface area (Å²) in [5, 5.41) is 8.25. The summed E-state index contributed by atoms with van der Waals surface area (Å²) in [5.41, 5.74) is 9.47. The van der Waals surface area contributed by atoms with Gasteiger partial charge >= 0.3 is 0 Å². The Morgan fingerprint density at radius 1 is 1.25 bits per heavy atom. The van der Waals surface area contributed by atoms with Crippen molar-refractivity contribution in [2.24, 2.45) is 5.10 Å². The zero-order chi connectivity index (χ0) is 14.7. The zero-order valence-corrected chi connectivity index (χ0v) is 13.5. The molecule has 0 radical (unpaired) electrons. The average molecular weight is 289 g/mol. The topological polar surface area (TPSA) is 36.4 Å². The Bertz CT molecular complexity index is 547. The molecule has 1 aliphatic carbocycles. The van der Waals surface area contributed by atoms with E-state index in [9.17, 15) is 0 Å². The highest BCUT2D eigenvalue weighted by atomic mass is 32.1. The van der Waals surface area contributed by atoms with E-state index < -0.39 is 0 Å². The van der Waals surface area contributed by atoms with Crippen LogP contribution in [0.2, 0.25) is 0 Å². The molecular weight excluding hydrogens is 266 g/mol. The average Bonchev–Trinajstić information content (AvgIpc) is 2.35. The van der Waals surface area contributed by atoms with E-state index in [0.717, 1.165) is 25.0 Å². The molecular formula is C16H23N3S. The van der Waals surface area contributed by atoms with Gasteiger partial charge in [-0.1, -0.05) is 11.6 Å². The SMILES string of the molecule is Cc1cc(C)c2c(c1)C(=NNC(=S)NC(C)C)CCC2. The molecule has 1 aliphatic rings. The lowest BCUT2D eigenvalue weighted by Gasteiger charge is -2.21. The first-order chi connectivity index (χ1) is 9.47. The van der Waals surface area contributed by atoms with Crippen molar-refractivity contribution in [3.63, 3.8) is 0 Å². The zero-order valence-electron chi connectivity index (χ0n) is 12.7. The lowest BCUT2D eigenvalue weighted by atomic mass is 9.86. The summed E-state index contributed by atoms with van der Waals surface area (Å²) in [6.07, 6.45) is 3.31. The van der Waals surface area contributed by atoms with Gasteiger partial charge in [0, 0.05) is 11.6 Å². The maximum atomic E-state index is 5.22. The molecule has 0 heterocycles. The van der Waals surface area contributed by atoms with Crippen LogP contribution in [0, 0.1) is 13.8 Å². The largest absolute Gasteiger partial charge is 0.359 e. The van der Waals surface area contributed by atoms with Crippen LogP contribution < -0.4 is 10.7 Å². The number of thiocarbonyl (C=S) groups is 1. The van der Waals surface area contributed by atoms with Gasteiger partial charge in [0.2, 0.25) is 0 Å². The van der Waals surface area contributed by atoms with Crippen molar-refractivity contribution in [1.82, 2.24) is 10.7 Å². The van der Waals surface area contributed by atoms with Crippen LogP contribution in [-0.2, 0) is 6.42 Å². The van der Waals surface area contributed by atoms with Gasteiger partial charge in [-0.3, -0.25) is 5.43 Å². The van der Waals surface area contributed by atoms with Crippen molar-refractivity contribution in [1.29, 1.82) is 0 Å². The minimum absolute atomic E-state index is 0.318. The fourth-order valence-corrected chi connectivity index (χ4v) is 2.96. The lowest BCUT2D eigenvalue weighted by Crippen LogP contribution is -2.37. The first-order valence-electron chi connectivity index (χ1n) is 7.21. The molecule has 3 nitrogen and oxygen atoms in total. The van der Waals surface area contributed by atoms with Gasteiger partial charge in [-0.25, -0.2) is 0 Å². The Morgan fingerprint density at radius 3 is 2.70 bits per heavy atom. The van der Waals surface area contributed by atoms with E-state index in [4.69, 9.17) is 12.2 Å². The van der Waals surface area contributed by atoms with Gasteiger partial charge in [0.25, 0.3) is 0 Å². The standard InChI is InChI=1S/C16H23N3S/c1-10(2)17-16(20)19-18-15-7-5-6-13-12(4)8-11(3)9-14(13)15/h8-10H,5-7H2,1-4H3,(H2,17,19,20). The van der Waals surface area contributed by atoms with Crippen LogP contribution in [0.4, 0.5) is 0 Å². The molecule has 0 saturated heterocycles.